The first-order valence-corrected chi connectivity index (χ1v) is 4.45. The quantitative estimate of drug-likeness (QED) is 0.392. The van der Waals surface area contributed by atoms with Gasteiger partial charge in [0.1, 0.15) is 5.60 Å². The molecule has 74 valence electrons. The van der Waals surface area contributed by atoms with Crippen molar-refractivity contribution in [2.75, 3.05) is 6.61 Å². The van der Waals surface area contributed by atoms with Gasteiger partial charge in [-0.25, -0.2) is 0 Å². The zero-order valence-electron chi connectivity index (χ0n) is 7.42. The summed E-state index contributed by atoms with van der Waals surface area (Å²) < 4.78 is 5.30. The SMILES string of the molecule is CC1(C(=O)NNC(N)=S)CCCO1. The fraction of sp³-hybridized carbons (Fsp3) is 0.714. The third-order valence-corrected chi connectivity index (χ3v) is 2.10. The van der Waals surface area contributed by atoms with Crippen LogP contribution in [0.1, 0.15) is 19.8 Å². The molecule has 0 aromatic carbocycles. The van der Waals surface area contributed by atoms with Crippen LogP contribution in [-0.4, -0.2) is 23.2 Å². The highest BCUT2D eigenvalue weighted by Gasteiger charge is 2.37. The first-order chi connectivity index (χ1) is 6.04. The van der Waals surface area contributed by atoms with E-state index in [9.17, 15) is 4.79 Å². The van der Waals surface area contributed by atoms with Gasteiger partial charge in [-0.15, -0.1) is 0 Å². The molecule has 1 aliphatic heterocycles. The summed E-state index contributed by atoms with van der Waals surface area (Å²) in [5, 5.41) is 0.0370. The van der Waals surface area contributed by atoms with E-state index in [-0.39, 0.29) is 11.0 Å². The Morgan fingerprint density at radius 2 is 2.31 bits per heavy atom. The molecule has 13 heavy (non-hydrogen) atoms. The minimum Gasteiger partial charge on any atom is -0.375 e. The van der Waals surface area contributed by atoms with E-state index >= 15 is 0 Å². The fourth-order valence-corrected chi connectivity index (χ4v) is 1.26. The van der Waals surface area contributed by atoms with Crippen LogP contribution >= 0.6 is 12.2 Å². The number of hydrogen-bond acceptors (Lipinski definition) is 3. The van der Waals surface area contributed by atoms with Gasteiger partial charge in [-0.3, -0.25) is 15.6 Å². The molecule has 1 heterocycles. The molecule has 4 N–H and O–H groups in total. The number of hydrogen-bond donors (Lipinski definition) is 3. The molecule has 6 heteroatoms. The second-order valence-corrected chi connectivity index (χ2v) is 3.57. The van der Waals surface area contributed by atoms with E-state index in [1.807, 2.05) is 0 Å². The molecule has 1 aliphatic rings. The van der Waals surface area contributed by atoms with E-state index in [1.54, 1.807) is 6.92 Å². The minimum absolute atomic E-state index is 0.0370. The summed E-state index contributed by atoms with van der Waals surface area (Å²) in [4.78, 5) is 11.5. The molecule has 1 rings (SSSR count). The summed E-state index contributed by atoms with van der Waals surface area (Å²) in [5.41, 5.74) is 9.17. The molecule has 0 aromatic rings. The Balaban J connectivity index is 2.42. The number of thiocarbonyl (C=S) groups is 1. The van der Waals surface area contributed by atoms with E-state index < -0.39 is 5.60 Å². The lowest BCUT2D eigenvalue weighted by atomic mass is 10.0. The average molecular weight is 203 g/mol. The van der Waals surface area contributed by atoms with Crippen LogP contribution in [0, 0.1) is 0 Å². The van der Waals surface area contributed by atoms with Crippen LogP contribution in [0.15, 0.2) is 0 Å². The Kier molecular flexibility index (Phi) is 3.05. The predicted molar refractivity (Wildman–Crippen MR) is 51.7 cm³/mol. The van der Waals surface area contributed by atoms with Gasteiger partial charge in [-0.1, -0.05) is 0 Å². The van der Waals surface area contributed by atoms with Gasteiger partial charge in [-0.05, 0) is 32.0 Å². The standard InChI is InChI=1S/C7H13N3O2S/c1-7(3-2-4-12-7)5(11)9-10-6(8)13/h2-4H2,1H3,(H,9,11)(H3,8,10,13). The average Bonchev–Trinajstić information content (AvgIpc) is 2.49. The van der Waals surface area contributed by atoms with Crippen molar-refractivity contribution in [1.29, 1.82) is 0 Å². The van der Waals surface area contributed by atoms with E-state index in [2.05, 4.69) is 23.1 Å². The molecule has 1 unspecified atom stereocenters. The summed E-state index contributed by atoms with van der Waals surface area (Å²) in [6.45, 7) is 2.37. The molecule has 1 atom stereocenters. The summed E-state index contributed by atoms with van der Waals surface area (Å²) in [6.07, 6.45) is 1.62. The highest BCUT2D eigenvalue weighted by Crippen LogP contribution is 2.24. The Bertz CT molecular complexity index is 226. The Morgan fingerprint density at radius 1 is 1.62 bits per heavy atom. The minimum atomic E-state index is -0.738. The third kappa shape index (κ3) is 2.53. The van der Waals surface area contributed by atoms with Gasteiger partial charge in [0.15, 0.2) is 5.11 Å². The topological polar surface area (TPSA) is 76.4 Å². The first-order valence-electron chi connectivity index (χ1n) is 4.04. The number of hydrazine groups is 1. The Labute approximate surface area is 82.0 Å². The van der Waals surface area contributed by atoms with Crippen molar-refractivity contribution >= 4 is 23.2 Å². The van der Waals surface area contributed by atoms with Gasteiger partial charge < -0.3 is 10.5 Å². The van der Waals surface area contributed by atoms with Crippen molar-refractivity contribution in [1.82, 2.24) is 10.9 Å². The van der Waals surface area contributed by atoms with Crippen molar-refractivity contribution in [2.45, 2.75) is 25.4 Å². The zero-order valence-corrected chi connectivity index (χ0v) is 8.24. The second kappa shape index (κ2) is 3.89. The Morgan fingerprint density at radius 3 is 2.77 bits per heavy atom. The fourth-order valence-electron chi connectivity index (χ4n) is 1.21. The molecule has 5 nitrogen and oxygen atoms in total. The largest absolute Gasteiger partial charge is 0.375 e. The molecule has 1 saturated heterocycles. The number of rotatable bonds is 1. The second-order valence-electron chi connectivity index (χ2n) is 3.13. The third-order valence-electron chi connectivity index (χ3n) is 2.00. The summed E-state index contributed by atoms with van der Waals surface area (Å²) in [6, 6.07) is 0. The van der Waals surface area contributed by atoms with Crippen LogP contribution in [0.25, 0.3) is 0 Å². The van der Waals surface area contributed by atoms with Gasteiger partial charge in [0.2, 0.25) is 0 Å². The van der Waals surface area contributed by atoms with Crippen molar-refractivity contribution in [3.05, 3.63) is 0 Å². The van der Waals surface area contributed by atoms with Crippen LogP contribution in [-0.2, 0) is 9.53 Å². The van der Waals surface area contributed by atoms with Gasteiger partial charge in [-0.2, -0.15) is 0 Å². The van der Waals surface area contributed by atoms with Crippen molar-refractivity contribution in [3.63, 3.8) is 0 Å². The molecule has 1 fully saturated rings. The first kappa shape index (κ1) is 10.2. The van der Waals surface area contributed by atoms with Crippen LogP contribution < -0.4 is 16.6 Å². The lowest BCUT2D eigenvalue weighted by Gasteiger charge is -2.21. The lowest BCUT2D eigenvalue weighted by Crippen LogP contribution is -2.52. The smallest absolute Gasteiger partial charge is 0.270 e. The number of ether oxygens (including phenoxy) is 1. The number of amides is 1. The van der Waals surface area contributed by atoms with Gasteiger partial charge in [0.25, 0.3) is 5.91 Å². The maximum Gasteiger partial charge on any atom is 0.270 e. The van der Waals surface area contributed by atoms with Crippen LogP contribution in [0.2, 0.25) is 0 Å². The normalized spacial score (nSPS) is 26.8. The summed E-state index contributed by atoms with van der Waals surface area (Å²) in [7, 11) is 0. The van der Waals surface area contributed by atoms with Gasteiger partial charge >= 0.3 is 0 Å². The van der Waals surface area contributed by atoms with Crippen molar-refractivity contribution in [2.24, 2.45) is 5.73 Å². The summed E-state index contributed by atoms with van der Waals surface area (Å²) >= 11 is 4.54. The lowest BCUT2D eigenvalue weighted by molar-refractivity contribution is -0.140. The molecule has 1 amide bonds. The Hall–Kier alpha value is -0.880. The molecular weight excluding hydrogens is 190 g/mol. The number of carbonyl (C=O) groups is 1. The summed E-state index contributed by atoms with van der Waals surface area (Å²) in [5.74, 6) is -0.238. The van der Waals surface area contributed by atoms with Crippen LogP contribution in [0.3, 0.4) is 0 Å². The van der Waals surface area contributed by atoms with Gasteiger partial charge in [0, 0.05) is 6.61 Å². The van der Waals surface area contributed by atoms with Gasteiger partial charge in [0.05, 0.1) is 0 Å². The predicted octanol–water partition coefficient (Wildman–Crippen LogP) is -0.580. The molecule has 0 saturated carbocycles. The molecule has 0 aromatic heterocycles. The van der Waals surface area contributed by atoms with E-state index in [4.69, 9.17) is 10.5 Å². The molecule has 0 radical (unpaired) electrons. The molecule has 0 aliphatic carbocycles. The van der Waals surface area contributed by atoms with E-state index in [0.29, 0.717) is 6.61 Å². The number of nitrogens with one attached hydrogen (secondary N) is 2. The molecular formula is C7H13N3O2S. The van der Waals surface area contributed by atoms with Crippen molar-refractivity contribution in [3.8, 4) is 0 Å². The maximum atomic E-state index is 11.5. The highest BCUT2D eigenvalue weighted by atomic mass is 32.1. The zero-order chi connectivity index (χ0) is 9.90. The monoisotopic (exact) mass is 203 g/mol. The maximum absolute atomic E-state index is 11.5. The van der Waals surface area contributed by atoms with Crippen LogP contribution in [0.4, 0.5) is 0 Å². The number of nitrogens with two attached hydrogens (primary N) is 1. The molecule has 0 spiro atoms. The van der Waals surface area contributed by atoms with E-state index in [0.717, 1.165) is 12.8 Å². The molecule has 0 bridgehead atoms. The highest BCUT2D eigenvalue weighted by molar-refractivity contribution is 7.80. The van der Waals surface area contributed by atoms with Crippen molar-refractivity contribution < 1.29 is 9.53 Å². The van der Waals surface area contributed by atoms with Crippen LogP contribution in [0.5, 0.6) is 0 Å². The number of carbonyl (C=O) groups excluding carboxylic acids is 1. The van der Waals surface area contributed by atoms with E-state index in [1.165, 1.54) is 0 Å².